The second-order valence-electron chi connectivity index (χ2n) is 19.1. The van der Waals surface area contributed by atoms with Crippen LogP contribution in [-0.4, -0.2) is 20.6 Å². The molecular formula is C42H60P2. The van der Waals surface area contributed by atoms with Crippen LogP contribution in [0.1, 0.15) is 130 Å². The highest BCUT2D eigenvalue weighted by Crippen LogP contribution is 2.80. The normalized spacial score (nSPS) is 38.1. The monoisotopic (exact) mass is 626 g/mol. The molecule has 8 bridgehead atoms. The molecule has 0 unspecified atom stereocenters. The molecule has 0 aliphatic heterocycles. The van der Waals surface area contributed by atoms with Crippen molar-refractivity contribution in [1.82, 2.24) is 0 Å². The standard InChI is InChI=1S/C42H60P2/c1-39(2,3)43(40(4,5)6)27-37-13-12-36(35-10-8-7-9-11-35)20-38(37)28-44(41-21-29-14-30(22-41)16-31(15-29)23-41)42-24-32-17-33(25-42)19-34(18-32)26-42/h7-13,20,29-34H,14-19,21-28H2,1-6H3. The first-order valence-corrected chi connectivity index (χ1v) is 21.7. The third-order valence-electron chi connectivity index (χ3n) is 13.7. The van der Waals surface area contributed by atoms with Crippen molar-refractivity contribution in [3.63, 3.8) is 0 Å². The van der Waals surface area contributed by atoms with E-state index in [0.29, 0.717) is 20.6 Å². The molecule has 8 aliphatic carbocycles. The maximum absolute atomic E-state index is 2.74. The fourth-order valence-electron chi connectivity index (χ4n) is 13.2. The summed E-state index contributed by atoms with van der Waals surface area (Å²) in [5.74, 6) is 6.36. The molecule has 238 valence electrons. The molecule has 8 saturated carbocycles. The Kier molecular flexibility index (Phi) is 7.60. The van der Waals surface area contributed by atoms with Crippen molar-refractivity contribution in [3.8, 4) is 11.1 Å². The maximum atomic E-state index is 2.74. The predicted octanol–water partition coefficient (Wildman–Crippen LogP) is 12.9. The van der Waals surface area contributed by atoms with E-state index in [1.54, 1.807) is 88.2 Å². The second kappa shape index (κ2) is 10.9. The lowest BCUT2D eigenvalue weighted by atomic mass is 9.55. The fraction of sp³-hybridized carbons (Fsp3) is 0.714. The minimum Gasteiger partial charge on any atom is -0.0911 e. The van der Waals surface area contributed by atoms with E-state index in [0.717, 1.165) is 35.5 Å². The third-order valence-corrected chi connectivity index (χ3v) is 21.7. The number of rotatable bonds is 7. The summed E-state index contributed by atoms with van der Waals surface area (Å²) in [7, 11) is -0.228. The summed E-state index contributed by atoms with van der Waals surface area (Å²) in [6.07, 6.45) is 21.9. The van der Waals surface area contributed by atoms with Gasteiger partial charge < -0.3 is 0 Å². The Morgan fingerprint density at radius 2 is 0.955 bits per heavy atom. The summed E-state index contributed by atoms with van der Waals surface area (Å²) in [5, 5.41) is 2.09. The van der Waals surface area contributed by atoms with Crippen LogP contribution in [0.5, 0.6) is 0 Å². The molecule has 0 saturated heterocycles. The molecule has 44 heavy (non-hydrogen) atoms. The molecule has 0 heterocycles. The molecule has 0 aromatic heterocycles. The van der Waals surface area contributed by atoms with Gasteiger partial charge in [0.1, 0.15) is 0 Å². The van der Waals surface area contributed by atoms with Gasteiger partial charge in [0.05, 0.1) is 0 Å². The highest BCUT2D eigenvalue weighted by atomic mass is 31.1. The van der Waals surface area contributed by atoms with Crippen molar-refractivity contribution in [2.45, 2.75) is 152 Å². The topological polar surface area (TPSA) is 0 Å². The van der Waals surface area contributed by atoms with Crippen molar-refractivity contribution in [3.05, 3.63) is 59.7 Å². The lowest BCUT2D eigenvalue weighted by Crippen LogP contribution is -2.56. The quantitative estimate of drug-likeness (QED) is 0.268. The van der Waals surface area contributed by atoms with Gasteiger partial charge in [-0.2, -0.15) is 0 Å². The van der Waals surface area contributed by atoms with Crippen LogP contribution in [0.3, 0.4) is 0 Å². The van der Waals surface area contributed by atoms with Crippen molar-refractivity contribution in [1.29, 1.82) is 0 Å². The van der Waals surface area contributed by atoms with Gasteiger partial charge in [0.2, 0.25) is 0 Å². The Bertz CT molecular complexity index is 1230. The van der Waals surface area contributed by atoms with Gasteiger partial charge in [-0.3, -0.25) is 0 Å². The third kappa shape index (κ3) is 5.51. The van der Waals surface area contributed by atoms with E-state index in [1.165, 1.54) is 23.5 Å². The highest BCUT2D eigenvalue weighted by molar-refractivity contribution is 7.60. The molecule has 2 aromatic rings. The van der Waals surface area contributed by atoms with Gasteiger partial charge >= 0.3 is 0 Å². The average molecular weight is 627 g/mol. The SMILES string of the molecule is CC(C)(C)P(Cc1ccc(-c2ccccc2)cc1CP(C12CC3CC(CC(C3)C1)C2)C12CC3CC(CC(C3)C1)C2)C(C)(C)C. The molecule has 8 fully saturated rings. The summed E-state index contributed by atoms with van der Waals surface area (Å²) in [5.41, 5.74) is 6.38. The van der Waals surface area contributed by atoms with Gasteiger partial charge in [-0.25, -0.2) is 0 Å². The zero-order valence-corrected chi connectivity index (χ0v) is 30.7. The van der Waals surface area contributed by atoms with E-state index in [-0.39, 0.29) is 15.8 Å². The van der Waals surface area contributed by atoms with Crippen LogP contribution in [0.2, 0.25) is 0 Å². The number of hydrogen-bond acceptors (Lipinski definition) is 0. The van der Waals surface area contributed by atoms with Crippen LogP contribution in [0.25, 0.3) is 11.1 Å². The van der Waals surface area contributed by atoms with Crippen molar-refractivity contribution in [2.75, 3.05) is 0 Å². The van der Waals surface area contributed by atoms with Crippen LogP contribution >= 0.6 is 15.8 Å². The first kappa shape index (κ1) is 30.6. The summed E-state index contributed by atoms with van der Waals surface area (Å²) in [4.78, 5) is 0. The van der Waals surface area contributed by atoms with E-state index in [2.05, 4.69) is 90.1 Å². The van der Waals surface area contributed by atoms with Crippen LogP contribution in [-0.2, 0) is 12.3 Å². The second-order valence-corrected chi connectivity index (χ2v) is 26.1. The van der Waals surface area contributed by atoms with E-state index < -0.39 is 0 Å². The van der Waals surface area contributed by atoms with E-state index in [1.807, 2.05) is 0 Å². The molecular weight excluding hydrogens is 566 g/mol. The van der Waals surface area contributed by atoms with Gasteiger partial charge in [-0.1, -0.05) is 106 Å². The average Bonchev–Trinajstić information content (AvgIpc) is 2.92. The smallest absolute Gasteiger partial charge is 0.00600 e. The largest absolute Gasteiger partial charge is 0.0911 e. The van der Waals surface area contributed by atoms with Crippen molar-refractivity contribution >= 4 is 15.8 Å². The fourth-order valence-corrected chi connectivity index (χ4v) is 22.0. The Hall–Kier alpha value is -0.700. The molecule has 8 aliphatic rings. The summed E-state index contributed by atoms with van der Waals surface area (Å²) >= 11 is 0. The molecule has 0 radical (unpaired) electrons. The highest BCUT2D eigenvalue weighted by Gasteiger charge is 2.62. The first-order chi connectivity index (χ1) is 20.9. The summed E-state index contributed by atoms with van der Waals surface area (Å²) in [6, 6.07) is 19.2. The van der Waals surface area contributed by atoms with Crippen LogP contribution in [0.4, 0.5) is 0 Å². The molecule has 2 aromatic carbocycles. The Labute approximate surface area is 272 Å². The van der Waals surface area contributed by atoms with E-state index in [4.69, 9.17) is 0 Å². The lowest BCUT2D eigenvalue weighted by Gasteiger charge is -2.67. The van der Waals surface area contributed by atoms with Crippen LogP contribution < -0.4 is 0 Å². The Morgan fingerprint density at radius 3 is 1.36 bits per heavy atom. The Balaban J connectivity index is 1.24. The van der Waals surface area contributed by atoms with Gasteiger partial charge in [0, 0.05) is 0 Å². The molecule has 2 heteroatoms. The van der Waals surface area contributed by atoms with Gasteiger partial charge in [-0.05, 0) is 168 Å². The first-order valence-electron chi connectivity index (χ1n) is 18.6. The molecule has 10 rings (SSSR count). The van der Waals surface area contributed by atoms with E-state index >= 15 is 0 Å². The minimum absolute atomic E-state index is 0.0566. The summed E-state index contributed by atoms with van der Waals surface area (Å²) < 4.78 is 0. The van der Waals surface area contributed by atoms with Crippen molar-refractivity contribution < 1.29 is 0 Å². The van der Waals surface area contributed by atoms with Crippen molar-refractivity contribution in [2.24, 2.45) is 35.5 Å². The maximum Gasteiger partial charge on any atom is -0.00600 e. The molecule has 0 atom stereocenters. The van der Waals surface area contributed by atoms with Crippen LogP contribution in [0, 0.1) is 35.5 Å². The minimum atomic E-state index is -0.171. The molecule has 0 N–H and O–H groups in total. The number of hydrogen-bond donors (Lipinski definition) is 0. The van der Waals surface area contributed by atoms with Gasteiger partial charge in [-0.15, -0.1) is 0 Å². The van der Waals surface area contributed by atoms with E-state index in [9.17, 15) is 0 Å². The molecule has 0 nitrogen and oxygen atoms in total. The zero-order valence-electron chi connectivity index (χ0n) is 28.9. The number of benzene rings is 2. The summed E-state index contributed by atoms with van der Waals surface area (Å²) in [6.45, 7) is 15.2. The van der Waals surface area contributed by atoms with Gasteiger partial charge in [0.25, 0.3) is 0 Å². The lowest BCUT2D eigenvalue weighted by molar-refractivity contribution is 0.0184. The van der Waals surface area contributed by atoms with Gasteiger partial charge in [0.15, 0.2) is 0 Å². The van der Waals surface area contributed by atoms with Crippen LogP contribution in [0.15, 0.2) is 48.5 Å². The molecule has 0 amide bonds. The Morgan fingerprint density at radius 1 is 0.523 bits per heavy atom. The predicted molar refractivity (Wildman–Crippen MR) is 194 cm³/mol. The zero-order chi connectivity index (χ0) is 30.5. The molecule has 0 spiro atoms.